The highest BCUT2D eigenvalue weighted by molar-refractivity contribution is 5.85. The molecule has 1 heterocycles. The largest absolute Gasteiger partial charge is 0.357 e. The van der Waals surface area contributed by atoms with Gasteiger partial charge in [0.15, 0.2) is 6.17 Å². The maximum atomic E-state index is 12.9. The second kappa shape index (κ2) is 4.50. The van der Waals surface area contributed by atoms with E-state index in [1.807, 2.05) is 0 Å². The zero-order valence-corrected chi connectivity index (χ0v) is 7.77. The molecule has 1 aliphatic heterocycles. The fourth-order valence-electron chi connectivity index (χ4n) is 0.808. The average molecular weight is 215 g/mol. The SMILES string of the molecule is CC(F)C(F)(F)N1C=CC=NC1.Cl. The van der Waals surface area contributed by atoms with Gasteiger partial charge in [0.05, 0.1) is 0 Å². The predicted molar refractivity (Wildman–Crippen MR) is 47.1 cm³/mol. The molecule has 76 valence electrons. The lowest BCUT2D eigenvalue weighted by molar-refractivity contribution is -0.166. The third-order valence-corrected chi connectivity index (χ3v) is 1.55. The van der Waals surface area contributed by atoms with Crippen LogP contribution in [0, 0.1) is 0 Å². The molecule has 0 aromatic heterocycles. The van der Waals surface area contributed by atoms with E-state index in [1.54, 1.807) is 0 Å². The van der Waals surface area contributed by atoms with Crippen molar-refractivity contribution < 1.29 is 13.2 Å². The second-order valence-corrected chi connectivity index (χ2v) is 2.49. The molecule has 0 bridgehead atoms. The van der Waals surface area contributed by atoms with Crippen LogP contribution in [-0.2, 0) is 0 Å². The monoisotopic (exact) mass is 214 g/mol. The van der Waals surface area contributed by atoms with Crippen LogP contribution in [0.1, 0.15) is 6.92 Å². The van der Waals surface area contributed by atoms with Crippen molar-refractivity contribution in [3.63, 3.8) is 0 Å². The van der Waals surface area contributed by atoms with Crippen LogP contribution in [0.2, 0.25) is 0 Å². The Morgan fingerprint density at radius 3 is 2.54 bits per heavy atom. The molecular formula is C7H10ClF3N2. The minimum absolute atomic E-state index is 0. The first-order valence-electron chi connectivity index (χ1n) is 3.50. The molecule has 0 saturated heterocycles. The van der Waals surface area contributed by atoms with Crippen LogP contribution in [0.5, 0.6) is 0 Å². The van der Waals surface area contributed by atoms with Crippen molar-refractivity contribution >= 4 is 18.6 Å². The van der Waals surface area contributed by atoms with Crippen molar-refractivity contribution in [3.05, 3.63) is 12.3 Å². The zero-order chi connectivity index (χ0) is 9.19. The average Bonchev–Trinajstić information content (AvgIpc) is 2.06. The van der Waals surface area contributed by atoms with Crippen molar-refractivity contribution in [3.8, 4) is 0 Å². The molecule has 13 heavy (non-hydrogen) atoms. The molecule has 0 spiro atoms. The Balaban J connectivity index is 0.00000144. The maximum Gasteiger partial charge on any atom is 0.357 e. The van der Waals surface area contributed by atoms with E-state index < -0.39 is 12.2 Å². The molecule has 1 atom stereocenters. The third kappa shape index (κ3) is 2.62. The van der Waals surface area contributed by atoms with E-state index in [4.69, 9.17) is 0 Å². The van der Waals surface area contributed by atoms with Crippen molar-refractivity contribution in [1.29, 1.82) is 0 Å². The van der Waals surface area contributed by atoms with Crippen molar-refractivity contribution in [1.82, 2.24) is 4.90 Å². The van der Waals surface area contributed by atoms with Gasteiger partial charge in [-0.15, -0.1) is 12.4 Å². The van der Waals surface area contributed by atoms with Gasteiger partial charge in [-0.25, -0.2) is 4.39 Å². The Bertz CT molecular complexity index is 216. The van der Waals surface area contributed by atoms with E-state index >= 15 is 0 Å². The highest BCUT2D eigenvalue weighted by Gasteiger charge is 2.42. The van der Waals surface area contributed by atoms with Gasteiger partial charge in [0.25, 0.3) is 0 Å². The van der Waals surface area contributed by atoms with Gasteiger partial charge < -0.3 is 0 Å². The Morgan fingerprint density at radius 2 is 2.15 bits per heavy atom. The summed E-state index contributed by atoms with van der Waals surface area (Å²) in [6.07, 6.45) is 1.67. The molecule has 0 N–H and O–H groups in total. The molecule has 0 amide bonds. The number of halogens is 4. The second-order valence-electron chi connectivity index (χ2n) is 2.49. The van der Waals surface area contributed by atoms with E-state index in [0.717, 1.165) is 13.1 Å². The molecule has 0 aliphatic carbocycles. The van der Waals surface area contributed by atoms with Crippen LogP contribution in [0.3, 0.4) is 0 Å². The van der Waals surface area contributed by atoms with E-state index in [0.29, 0.717) is 4.90 Å². The van der Waals surface area contributed by atoms with E-state index in [2.05, 4.69) is 4.99 Å². The van der Waals surface area contributed by atoms with Crippen molar-refractivity contribution in [2.45, 2.75) is 19.1 Å². The van der Waals surface area contributed by atoms with Gasteiger partial charge >= 0.3 is 6.05 Å². The molecule has 0 saturated carbocycles. The van der Waals surface area contributed by atoms with Crippen LogP contribution in [0.15, 0.2) is 17.3 Å². The number of nitrogens with zero attached hydrogens (tertiary/aromatic N) is 2. The fraction of sp³-hybridized carbons (Fsp3) is 0.571. The minimum Gasteiger partial charge on any atom is -0.298 e. The Kier molecular flexibility index (Phi) is 4.26. The summed E-state index contributed by atoms with van der Waals surface area (Å²) in [7, 11) is 0. The molecule has 1 aliphatic rings. The van der Waals surface area contributed by atoms with Crippen LogP contribution in [0.25, 0.3) is 0 Å². The fourth-order valence-corrected chi connectivity index (χ4v) is 0.808. The summed E-state index contributed by atoms with van der Waals surface area (Å²) in [4.78, 5) is 4.14. The van der Waals surface area contributed by atoms with Crippen LogP contribution < -0.4 is 0 Å². The molecule has 0 radical (unpaired) electrons. The minimum atomic E-state index is -3.46. The van der Waals surface area contributed by atoms with Gasteiger partial charge in [0, 0.05) is 12.4 Å². The van der Waals surface area contributed by atoms with Gasteiger partial charge in [-0.05, 0) is 13.0 Å². The molecule has 1 rings (SSSR count). The number of alkyl halides is 3. The van der Waals surface area contributed by atoms with Gasteiger partial charge in [0.1, 0.15) is 6.67 Å². The lowest BCUT2D eigenvalue weighted by Crippen LogP contribution is -2.45. The number of hydrogen-bond acceptors (Lipinski definition) is 2. The predicted octanol–water partition coefficient (Wildman–Crippen LogP) is 2.22. The summed E-state index contributed by atoms with van der Waals surface area (Å²) in [5, 5.41) is 0. The molecular weight excluding hydrogens is 205 g/mol. The summed E-state index contributed by atoms with van der Waals surface area (Å²) in [5.41, 5.74) is 0. The maximum absolute atomic E-state index is 12.9. The molecule has 2 nitrogen and oxygen atoms in total. The summed E-state index contributed by atoms with van der Waals surface area (Å²) >= 11 is 0. The highest BCUT2D eigenvalue weighted by Crippen LogP contribution is 2.26. The van der Waals surface area contributed by atoms with Gasteiger partial charge in [-0.2, -0.15) is 8.78 Å². The zero-order valence-electron chi connectivity index (χ0n) is 6.95. The van der Waals surface area contributed by atoms with Gasteiger partial charge in [-0.3, -0.25) is 9.89 Å². The summed E-state index contributed by atoms with van der Waals surface area (Å²) < 4.78 is 38.1. The van der Waals surface area contributed by atoms with E-state index in [1.165, 1.54) is 12.3 Å². The Labute approximate surface area is 80.5 Å². The first-order chi connectivity index (χ1) is 5.55. The standard InChI is InChI=1S/C7H9F3N2.ClH/c1-6(8)7(9,10)12-4-2-3-11-5-12;/h2-4,6H,5H2,1H3;1H. The number of aliphatic imine (C=N–C) groups is 1. The smallest absolute Gasteiger partial charge is 0.298 e. The Morgan fingerprint density at radius 1 is 1.54 bits per heavy atom. The quantitative estimate of drug-likeness (QED) is 0.644. The highest BCUT2D eigenvalue weighted by atomic mass is 35.5. The molecule has 0 aromatic carbocycles. The van der Waals surface area contributed by atoms with Crippen molar-refractivity contribution in [2.24, 2.45) is 4.99 Å². The van der Waals surface area contributed by atoms with E-state index in [9.17, 15) is 13.2 Å². The third-order valence-electron chi connectivity index (χ3n) is 1.55. The van der Waals surface area contributed by atoms with Crippen LogP contribution >= 0.6 is 12.4 Å². The number of rotatable bonds is 2. The molecule has 0 aromatic rings. The Hall–Kier alpha value is -0.710. The van der Waals surface area contributed by atoms with Gasteiger partial charge in [0.2, 0.25) is 0 Å². The summed E-state index contributed by atoms with van der Waals surface area (Å²) in [5.74, 6) is 0. The lowest BCUT2D eigenvalue weighted by atomic mass is 10.3. The van der Waals surface area contributed by atoms with Gasteiger partial charge in [-0.1, -0.05) is 0 Å². The van der Waals surface area contributed by atoms with Crippen molar-refractivity contribution in [2.75, 3.05) is 6.67 Å². The molecule has 1 unspecified atom stereocenters. The topological polar surface area (TPSA) is 15.6 Å². The molecule has 6 heteroatoms. The first-order valence-corrected chi connectivity index (χ1v) is 3.50. The summed E-state index contributed by atoms with van der Waals surface area (Å²) in [6, 6.07) is -3.46. The first kappa shape index (κ1) is 12.3. The van der Waals surface area contributed by atoms with Crippen LogP contribution in [-0.4, -0.2) is 30.0 Å². The van der Waals surface area contributed by atoms with Crippen LogP contribution in [0.4, 0.5) is 13.2 Å². The number of allylic oxidation sites excluding steroid dienone is 1. The molecule has 0 fully saturated rings. The van der Waals surface area contributed by atoms with E-state index in [-0.39, 0.29) is 19.1 Å². The normalized spacial score (nSPS) is 18.3. The number of hydrogen-bond donors (Lipinski definition) is 0. The summed E-state index contributed by atoms with van der Waals surface area (Å²) in [6.45, 7) is 0.629. The lowest BCUT2D eigenvalue weighted by Gasteiger charge is -2.30.